The molecule has 1 aliphatic rings. The number of aliphatic hydroxyl groups is 1. The Morgan fingerprint density at radius 3 is 2.75 bits per heavy atom. The van der Waals surface area contributed by atoms with E-state index in [4.69, 9.17) is 9.47 Å². The normalized spacial score (nSPS) is 14.9. The standard InChI is InChI=1S/C16H15BrO3/c1-19-15-5-4-13(17)7-14(15)16(18)10-2-3-11-8-20-9-12(11)6-10/h2-7,16,18H,8-9H2,1H3. The maximum atomic E-state index is 10.6. The van der Waals surface area contributed by atoms with Gasteiger partial charge in [0.25, 0.3) is 0 Å². The number of aliphatic hydroxyl groups excluding tert-OH is 1. The molecule has 0 amide bonds. The third-order valence-corrected chi connectivity index (χ3v) is 4.04. The largest absolute Gasteiger partial charge is 0.496 e. The Morgan fingerprint density at radius 2 is 1.95 bits per heavy atom. The highest BCUT2D eigenvalue weighted by atomic mass is 79.9. The highest BCUT2D eigenvalue weighted by Gasteiger charge is 2.19. The quantitative estimate of drug-likeness (QED) is 0.932. The number of rotatable bonds is 3. The van der Waals surface area contributed by atoms with Crippen LogP contribution in [0.4, 0.5) is 0 Å². The predicted octanol–water partition coefficient (Wildman–Crippen LogP) is 3.57. The van der Waals surface area contributed by atoms with Crippen LogP contribution in [0.15, 0.2) is 40.9 Å². The van der Waals surface area contributed by atoms with Crippen LogP contribution in [0.2, 0.25) is 0 Å². The highest BCUT2D eigenvalue weighted by Crippen LogP contribution is 2.34. The molecule has 0 saturated carbocycles. The number of hydrogen-bond donors (Lipinski definition) is 1. The first kappa shape index (κ1) is 13.6. The van der Waals surface area contributed by atoms with Crippen molar-refractivity contribution in [2.24, 2.45) is 0 Å². The van der Waals surface area contributed by atoms with E-state index >= 15 is 0 Å². The third kappa shape index (κ3) is 2.46. The summed E-state index contributed by atoms with van der Waals surface area (Å²) in [6.07, 6.45) is -0.714. The Kier molecular flexibility index (Phi) is 3.78. The van der Waals surface area contributed by atoms with Crippen LogP contribution in [0.3, 0.4) is 0 Å². The van der Waals surface area contributed by atoms with Gasteiger partial charge in [-0.2, -0.15) is 0 Å². The van der Waals surface area contributed by atoms with Crippen LogP contribution in [0, 0.1) is 0 Å². The average Bonchev–Trinajstić information content (AvgIpc) is 2.93. The van der Waals surface area contributed by atoms with Gasteiger partial charge in [0.15, 0.2) is 0 Å². The van der Waals surface area contributed by atoms with Crippen molar-refractivity contribution < 1.29 is 14.6 Å². The second-order valence-electron chi connectivity index (χ2n) is 4.81. The molecule has 0 saturated heterocycles. The van der Waals surface area contributed by atoms with Gasteiger partial charge in [-0.05, 0) is 34.9 Å². The molecule has 0 aliphatic carbocycles. The number of benzene rings is 2. The molecule has 0 radical (unpaired) electrons. The lowest BCUT2D eigenvalue weighted by molar-refractivity contribution is 0.134. The Balaban J connectivity index is 2.00. The number of hydrogen-bond acceptors (Lipinski definition) is 3. The summed E-state index contributed by atoms with van der Waals surface area (Å²) >= 11 is 3.43. The summed E-state index contributed by atoms with van der Waals surface area (Å²) in [6.45, 7) is 1.28. The fraction of sp³-hybridized carbons (Fsp3) is 0.250. The average molecular weight is 335 g/mol. The van der Waals surface area contributed by atoms with E-state index in [2.05, 4.69) is 15.9 Å². The fourth-order valence-electron chi connectivity index (χ4n) is 2.46. The first-order valence-electron chi connectivity index (χ1n) is 6.40. The molecule has 3 rings (SSSR count). The van der Waals surface area contributed by atoms with E-state index in [9.17, 15) is 5.11 Å². The monoisotopic (exact) mass is 334 g/mol. The van der Waals surface area contributed by atoms with Crippen molar-refractivity contribution in [2.75, 3.05) is 7.11 Å². The topological polar surface area (TPSA) is 38.7 Å². The molecular formula is C16H15BrO3. The van der Waals surface area contributed by atoms with Crippen molar-refractivity contribution in [2.45, 2.75) is 19.3 Å². The summed E-state index contributed by atoms with van der Waals surface area (Å²) < 4.78 is 11.6. The molecule has 104 valence electrons. The molecule has 0 spiro atoms. The highest BCUT2D eigenvalue weighted by molar-refractivity contribution is 9.10. The van der Waals surface area contributed by atoms with E-state index < -0.39 is 6.10 Å². The van der Waals surface area contributed by atoms with Crippen LogP contribution in [0.25, 0.3) is 0 Å². The molecule has 0 aromatic heterocycles. The van der Waals surface area contributed by atoms with Gasteiger partial charge < -0.3 is 14.6 Å². The smallest absolute Gasteiger partial charge is 0.125 e. The van der Waals surface area contributed by atoms with Gasteiger partial charge in [0.05, 0.1) is 20.3 Å². The Morgan fingerprint density at radius 1 is 1.15 bits per heavy atom. The summed E-state index contributed by atoms with van der Waals surface area (Å²) in [5, 5.41) is 10.6. The SMILES string of the molecule is COc1ccc(Br)cc1C(O)c1ccc2c(c1)COC2. The van der Waals surface area contributed by atoms with Crippen LogP contribution < -0.4 is 4.74 Å². The van der Waals surface area contributed by atoms with E-state index in [0.717, 1.165) is 21.2 Å². The lowest BCUT2D eigenvalue weighted by Gasteiger charge is -2.16. The summed E-state index contributed by atoms with van der Waals surface area (Å²) in [5.41, 5.74) is 3.95. The Labute approximate surface area is 126 Å². The summed E-state index contributed by atoms with van der Waals surface area (Å²) in [4.78, 5) is 0. The molecule has 0 bridgehead atoms. The van der Waals surface area contributed by atoms with Crippen molar-refractivity contribution in [1.82, 2.24) is 0 Å². The van der Waals surface area contributed by atoms with Crippen LogP contribution in [0.5, 0.6) is 5.75 Å². The fourth-order valence-corrected chi connectivity index (χ4v) is 2.84. The summed E-state index contributed by atoms with van der Waals surface area (Å²) in [5.74, 6) is 0.678. The summed E-state index contributed by atoms with van der Waals surface area (Å²) in [7, 11) is 1.61. The Bertz CT molecular complexity index is 640. The molecule has 2 aromatic rings. The lowest BCUT2D eigenvalue weighted by Crippen LogP contribution is -2.03. The van der Waals surface area contributed by atoms with Crippen molar-refractivity contribution in [3.63, 3.8) is 0 Å². The van der Waals surface area contributed by atoms with Gasteiger partial charge >= 0.3 is 0 Å². The molecule has 0 fully saturated rings. The molecule has 1 aliphatic heterocycles. The van der Waals surface area contributed by atoms with Gasteiger partial charge in [-0.3, -0.25) is 0 Å². The number of ether oxygens (including phenoxy) is 2. The van der Waals surface area contributed by atoms with Gasteiger partial charge in [0.2, 0.25) is 0 Å². The molecule has 3 nitrogen and oxygen atoms in total. The van der Waals surface area contributed by atoms with Crippen molar-refractivity contribution in [3.05, 3.63) is 63.1 Å². The lowest BCUT2D eigenvalue weighted by atomic mass is 9.97. The molecule has 1 atom stereocenters. The van der Waals surface area contributed by atoms with E-state index in [0.29, 0.717) is 19.0 Å². The first-order valence-corrected chi connectivity index (χ1v) is 7.19. The van der Waals surface area contributed by atoms with Crippen molar-refractivity contribution in [1.29, 1.82) is 0 Å². The second kappa shape index (κ2) is 5.56. The van der Waals surface area contributed by atoms with Crippen molar-refractivity contribution >= 4 is 15.9 Å². The van der Waals surface area contributed by atoms with Crippen molar-refractivity contribution in [3.8, 4) is 5.75 Å². The van der Waals surface area contributed by atoms with Crippen LogP contribution >= 0.6 is 15.9 Å². The zero-order valence-electron chi connectivity index (χ0n) is 11.1. The summed E-state index contributed by atoms with van der Waals surface area (Å²) in [6, 6.07) is 11.6. The zero-order valence-corrected chi connectivity index (χ0v) is 12.7. The number of halogens is 1. The first-order chi connectivity index (χ1) is 9.69. The van der Waals surface area contributed by atoms with Gasteiger partial charge in [-0.25, -0.2) is 0 Å². The molecule has 1 heterocycles. The minimum Gasteiger partial charge on any atom is -0.496 e. The van der Waals surface area contributed by atoms with Crippen LogP contribution in [-0.2, 0) is 18.0 Å². The predicted molar refractivity (Wildman–Crippen MR) is 79.7 cm³/mol. The second-order valence-corrected chi connectivity index (χ2v) is 5.73. The van der Waals surface area contributed by atoms with Gasteiger partial charge in [-0.1, -0.05) is 34.1 Å². The van der Waals surface area contributed by atoms with Gasteiger partial charge in [0, 0.05) is 10.0 Å². The zero-order chi connectivity index (χ0) is 14.1. The van der Waals surface area contributed by atoms with E-state index in [1.165, 1.54) is 5.56 Å². The maximum Gasteiger partial charge on any atom is 0.125 e. The van der Waals surface area contributed by atoms with Crippen LogP contribution in [-0.4, -0.2) is 12.2 Å². The Hall–Kier alpha value is -1.36. The molecule has 2 aromatic carbocycles. The minimum absolute atomic E-state index is 0.617. The minimum atomic E-state index is -0.714. The molecule has 20 heavy (non-hydrogen) atoms. The number of methoxy groups -OCH3 is 1. The molecular weight excluding hydrogens is 320 g/mol. The van der Waals surface area contributed by atoms with E-state index in [-0.39, 0.29) is 0 Å². The van der Waals surface area contributed by atoms with Crippen LogP contribution in [0.1, 0.15) is 28.4 Å². The van der Waals surface area contributed by atoms with Gasteiger partial charge in [0.1, 0.15) is 11.9 Å². The third-order valence-electron chi connectivity index (χ3n) is 3.55. The van der Waals surface area contributed by atoms with E-state index in [1.807, 2.05) is 36.4 Å². The van der Waals surface area contributed by atoms with Gasteiger partial charge in [-0.15, -0.1) is 0 Å². The van der Waals surface area contributed by atoms with E-state index in [1.54, 1.807) is 7.11 Å². The molecule has 4 heteroatoms. The molecule has 1 N–H and O–H groups in total. The maximum absolute atomic E-state index is 10.6. The number of fused-ring (bicyclic) bond motifs is 1. The molecule has 1 unspecified atom stereocenters.